The molecule has 90 valence electrons. The van der Waals surface area contributed by atoms with E-state index >= 15 is 0 Å². The van der Waals surface area contributed by atoms with Gasteiger partial charge >= 0.3 is 0 Å². The predicted molar refractivity (Wildman–Crippen MR) is 70.7 cm³/mol. The zero-order chi connectivity index (χ0) is 11.3. The van der Waals surface area contributed by atoms with Gasteiger partial charge in [0.15, 0.2) is 0 Å². The summed E-state index contributed by atoms with van der Waals surface area (Å²) in [6, 6.07) is 0.732. The first-order valence-corrected chi connectivity index (χ1v) is 7.21. The fourth-order valence-electron chi connectivity index (χ4n) is 2.36. The normalized spacial score (nSPS) is 30.4. The van der Waals surface area contributed by atoms with E-state index in [9.17, 15) is 0 Å². The Morgan fingerprint density at radius 3 is 2.33 bits per heavy atom. The summed E-state index contributed by atoms with van der Waals surface area (Å²) in [6.07, 6.45) is 1.26. The Kier molecular flexibility index (Phi) is 6.02. The third-order valence-electron chi connectivity index (χ3n) is 3.07. The highest BCUT2D eigenvalue weighted by molar-refractivity contribution is 8.00. The summed E-state index contributed by atoms with van der Waals surface area (Å²) in [5, 5.41) is 5.07. The van der Waals surface area contributed by atoms with Crippen LogP contribution in [0.5, 0.6) is 0 Å². The van der Waals surface area contributed by atoms with Crippen LogP contribution in [0.4, 0.5) is 0 Å². The molecule has 1 N–H and O–H groups in total. The minimum atomic E-state index is 0.732. The van der Waals surface area contributed by atoms with Gasteiger partial charge in [-0.15, -0.1) is 0 Å². The Labute approximate surface area is 99.2 Å². The number of hydrogen-bond acceptors (Lipinski definition) is 3. The van der Waals surface area contributed by atoms with Gasteiger partial charge in [-0.05, 0) is 13.0 Å². The van der Waals surface area contributed by atoms with Crippen LogP contribution >= 0.6 is 11.8 Å². The fraction of sp³-hybridized carbons (Fsp3) is 1.00. The molecular weight excluding hydrogens is 204 g/mol. The molecule has 0 aromatic heterocycles. The van der Waals surface area contributed by atoms with Crippen LogP contribution in [0.15, 0.2) is 0 Å². The van der Waals surface area contributed by atoms with E-state index in [4.69, 9.17) is 0 Å². The van der Waals surface area contributed by atoms with Crippen molar-refractivity contribution in [3.05, 3.63) is 0 Å². The van der Waals surface area contributed by atoms with Crippen LogP contribution in [0.1, 0.15) is 34.1 Å². The molecule has 0 spiro atoms. The van der Waals surface area contributed by atoms with Crippen LogP contribution in [0.3, 0.4) is 0 Å². The molecule has 15 heavy (non-hydrogen) atoms. The van der Waals surface area contributed by atoms with Gasteiger partial charge in [0.25, 0.3) is 0 Å². The Balaban J connectivity index is 2.43. The van der Waals surface area contributed by atoms with E-state index in [0.29, 0.717) is 0 Å². The van der Waals surface area contributed by atoms with Gasteiger partial charge in [-0.3, -0.25) is 4.90 Å². The smallest absolute Gasteiger partial charge is 0.0218 e. The summed E-state index contributed by atoms with van der Waals surface area (Å²) in [7, 11) is 0. The summed E-state index contributed by atoms with van der Waals surface area (Å²) in [6.45, 7) is 14.0. The van der Waals surface area contributed by atoms with E-state index in [1.54, 1.807) is 0 Å². The van der Waals surface area contributed by atoms with Gasteiger partial charge in [-0.2, -0.15) is 11.8 Å². The molecule has 3 unspecified atom stereocenters. The lowest BCUT2D eigenvalue weighted by Gasteiger charge is -2.39. The molecule has 1 aliphatic heterocycles. The lowest BCUT2D eigenvalue weighted by molar-refractivity contribution is 0.185. The second-order valence-electron chi connectivity index (χ2n) is 4.58. The Morgan fingerprint density at radius 2 is 1.87 bits per heavy atom. The maximum absolute atomic E-state index is 3.48. The van der Waals surface area contributed by atoms with Gasteiger partial charge in [0.05, 0.1) is 0 Å². The molecule has 2 nitrogen and oxygen atoms in total. The van der Waals surface area contributed by atoms with Crippen LogP contribution < -0.4 is 5.32 Å². The maximum atomic E-state index is 3.48. The third-order valence-corrected chi connectivity index (χ3v) is 4.29. The summed E-state index contributed by atoms with van der Waals surface area (Å²) in [5.41, 5.74) is 0. The van der Waals surface area contributed by atoms with Gasteiger partial charge < -0.3 is 5.32 Å². The lowest BCUT2D eigenvalue weighted by Crippen LogP contribution is -2.49. The molecule has 1 fully saturated rings. The lowest BCUT2D eigenvalue weighted by atomic mass is 10.1. The molecule has 3 heteroatoms. The topological polar surface area (TPSA) is 15.3 Å². The minimum Gasteiger partial charge on any atom is -0.315 e. The molecule has 0 saturated carbocycles. The second-order valence-corrected chi connectivity index (χ2v) is 6.46. The highest BCUT2D eigenvalue weighted by Crippen LogP contribution is 2.26. The minimum absolute atomic E-state index is 0.732. The molecule has 1 rings (SSSR count). The quantitative estimate of drug-likeness (QED) is 0.779. The Morgan fingerprint density at radius 1 is 1.27 bits per heavy atom. The van der Waals surface area contributed by atoms with Crippen molar-refractivity contribution in [3.63, 3.8) is 0 Å². The maximum Gasteiger partial charge on any atom is 0.0218 e. The first kappa shape index (κ1) is 13.3. The van der Waals surface area contributed by atoms with Gasteiger partial charge in [-0.25, -0.2) is 0 Å². The standard InChI is InChI=1S/C12H26N2S/c1-5-12(7-13-6-2)14-8-10(3)15-11(4)9-14/h10-13H,5-9H2,1-4H3. The summed E-state index contributed by atoms with van der Waals surface area (Å²) < 4.78 is 0. The van der Waals surface area contributed by atoms with Crippen molar-refractivity contribution in [2.24, 2.45) is 0 Å². The molecule has 0 aromatic carbocycles. The molecule has 3 atom stereocenters. The van der Waals surface area contributed by atoms with Crippen LogP contribution in [-0.4, -0.2) is 47.6 Å². The molecule has 0 radical (unpaired) electrons. The van der Waals surface area contributed by atoms with E-state index in [0.717, 1.165) is 29.6 Å². The van der Waals surface area contributed by atoms with Crippen molar-refractivity contribution in [1.29, 1.82) is 0 Å². The summed E-state index contributed by atoms with van der Waals surface area (Å²) in [4.78, 5) is 2.68. The van der Waals surface area contributed by atoms with Crippen molar-refractivity contribution in [3.8, 4) is 0 Å². The summed E-state index contributed by atoms with van der Waals surface area (Å²) >= 11 is 2.13. The van der Waals surface area contributed by atoms with Crippen molar-refractivity contribution >= 4 is 11.8 Å². The van der Waals surface area contributed by atoms with Crippen molar-refractivity contribution in [2.75, 3.05) is 26.2 Å². The van der Waals surface area contributed by atoms with Gasteiger partial charge in [0.1, 0.15) is 0 Å². The largest absolute Gasteiger partial charge is 0.315 e. The third kappa shape index (κ3) is 4.33. The average molecular weight is 230 g/mol. The van der Waals surface area contributed by atoms with Crippen molar-refractivity contribution < 1.29 is 0 Å². The number of thioether (sulfide) groups is 1. The number of rotatable bonds is 5. The number of nitrogens with one attached hydrogen (secondary N) is 1. The zero-order valence-electron chi connectivity index (χ0n) is 10.6. The average Bonchev–Trinajstić information content (AvgIpc) is 2.17. The monoisotopic (exact) mass is 230 g/mol. The number of hydrogen-bond donors (Lipinski definition) is 1. The predicted octanol–water partition coefficient (Wildman–Crippen LogP) is 2.20. The van der Waals surface area contributed by atoms with E-state index in [-0.39, 0.29) is 0 Å². The van der Waals surface area contributed by atoms with Crippen LogP contribution in [0, 0.1) is 0 Å². The molecule has 1 aliphatic rings. The van der Waals surface area contributed by atoms with Gasteiger partial charge in [0.2, 0.25) is 0 Å². The zero-order valence-corrected chi connectivity index (χ0v) is 11.4. The Bertz CT molecular complexity index is 165. The van der Waals surface area contributed by atoms with Crippen molar-refractivity contribution in [2.45, 2.75) is 50.7 Å². The molecule has 1 heterocycles. The SMILES string of the molecule is CCNCC(CC)N1CC(C)SC(C)C1. The fourth-order valence-corrected chi connectivity index (χ4v) is 3.71. The molecule has 0 aliphatic carbocycles. The number of nitrogens with zero attached hydrogens (tertiary/aromatic N) is 1. The first-order valence-electron chi connectivity index (χ1n) is 6.27. The highest BCUT2D eigenvalue weighted by Gasteiger charge is 2.26. The van der Waals surface area contributed by atoms with Gasteiger partial charge in [0, 0.05) is 36.2 Å². The molecule has 0 amide bonds. The molecule has 1 saturated heterocycles. The van der Waals surface area contributed by atoms with Crippen LogP contribution in [-0.2, 0) is 0 Å². The highest BCUT2D eigenvalue weighted by atomic mass is 32.2. The Hall–Kier alpha value is 0.270. The first-order chi connectivity index (χ1) is 7.17. The van der Waals surface area contributed by atoms with E-state index in [1.807, 2.05) is 0 Å². The summed E-state index contributed by atoms with van der Waals surface area (Å²) in [5.74, 6) is 0. The number of likely N-dealkylation sites (N-methyl/N-ethyl adjacent to an activating group) is 1. The van der Waals surface area contributed by atoms with E-state index in [1.165, 1.54) is 19.5 Å². The molecule has 0 bridgehead atoms. The van der Waals surface area contributed by atoms with E-state index in [2.05, 4.69) is 49.7 Å². The van der Waals surface area contributed by atoms with Crippen LogP contribution in [0.2, 0.25) is 0 Å². The van der Waals surface area contributed by atoms with E-state index < -0.39 is 0 Å². The van der Waals surface area contributed by atoms with Crippen molar-refractivity contribution in [1.82, 2.24) is 10.2 Å². The molecule has 0 aromatic rings. The second kappa shape index (κ2) is 6.77. The van der Waals surface area contributed by atoms with Gasteiger partial charge in [-0.1, -0.05) is 27.7 Å². The van der Waals surface area contributed by atoms with Crippen LogP contribution in [0.25, 0.3) is 0 Å². The molecular formula is C12H26N2S.